The second kappa shape index (κ2) is 6.58. The van der Waals surface area contributed by atoms with Crippen LogP contribution in [0.25, 0.3) is 0 Å². The van der Waals surface area contributed by atoms with Crippen molar-refractivity contribution in [3.8, 4) is 0 Å². The Kier molecular flexibility index (Phi) is 4.81. The van der Waals surface area contributed by atoms with Crippen LogP contribution in [0.2, 0.25) is 0 Å². The predicted molar refractivity (Wildman–Crippen MR) is 79.2 cm³/mol. The molecule has 2 heteroatoms. The van der Waals surface area contributed by atoms with Crippen molar-refractivity contribution in [2.24, 2.45) is 5.92 Å². The van der Waals surface area contributed by atoms with Gasteiger partial charge in [-0.15, -0.1) is 0 Å². The molecule has 2 saturated carbocycles. The number of hydrogen-bond donors (Lipinski definition) is 1. The van der Waals surface area contributed by atoms with Gasteiger partial charge in [0.15, 0.2) is 0 Å². The van der Waals surface area contributed by atoms with Crippen LogP contribution < -0.4 is 0 Å². The maximum absolute atomic E-state index is 10.6. The molecule has 1 saturated heterocycles. The Morgan fingerprint density at radius 2 is 1.26 bits per heavy atom. The summed E-state index contributed by atoms with van der Waals surface area (Å²) in [7, 11) is 0. The molecule has 4 unspecified atom stereocenters. The smallest absolute Gasteiger partial charge is 0.0695 e. The molecule has 110 valence electrons. The van der Waals surface area contributed by atoms with E-state index in [1.54, 1.807) is 0 Å². The fraction of sp³-hybridized carbons (Fsp3) is 1.00. The second-order valence-corrected chi connectivity index (χ2v) is 7.12. The van der Waals surface area contributed by atoms with Crippen molar-refractivity contribution in [3.63, 3.8) is 0 Å². The third-order valence-electron chi connectivity index (χ3n) is 5.91. The van der Waals surface area contributed by atoms with Crippen molar-refractivity contribution in [1.82, 2.24) is 4.90 Å². The second-order valence-electron chi connectivity index (χ2n) is 7.12. The molecule has 3 fully saturated rings. The van der Waals surface area contributed by atoms with Gasteiger partial charge in [-0.25, -0.2) is 0 Å². The van der Waals surface area contributed by atoms with Gasteiger partial charge in [0.05, 0.1) is 6.10 Å². The predicted octanol–water partition coefficient (Wildman–Crippen LogP) is 3.72. The molecule has 19 heavy (non-hydrogen) atoms. The first-order valence-electron chi connectivity index (χ1n) is 8.80. The lowest BCUT2D eigenvalue weighted by molar-refractivity contribution is -0.0363. The molecule has 2 aliphatic carbocycles. The highest BCUT2D eigenvalue weighted by atomic mass is 16.3. The summed E-state index contributed by atoms with van der Waals surface area (Å²) in [6.45, 7) is 1.25. The van der Waals surface area contributed by atoms with Crippen LogP contribution in [0.4, 0.5) is 0 Å². The highest BCUT2D eigenvalue weighted by Crippen LogP contribution is 2.38. The number of aliphatic hydroxyl groups is 1. The molecule has 1 heterocycles. The topological polar surface area (TPSA) is 23.5 Å². The van der Waals surface area contributed by atoms with Crippen molar-refractivity contribution in [2.45, 2.75) is 95.2 Å². The van der Waals surface area contributed by atoms with Crippen LogP contribution in [-0.2, 0) is 0 Å². The molecule has 2 nitrogen and oxygen atoms in total. The van der Waals surface area contributed by atoms with Crippen LogP contribution in [0.1, 0.15) is 77.0 Å². The van der Waals surface area contributed by atoms with E-state index in [0.29, 0.717) is 6.04 Å². The van der Waals surface area contributed by atoms with Gasteiger partial charge in [0.25, 0.3) is 0 Å². The number of hydrogen-bond acceptors (Lipinski definition) is 2. The van der Waals surface area contributed by atoms with E-state index in [4.69, 9.17) is 0 Å². The molecule has 3 rings (SSSR count). The number of fused-ring (bicyclic) bond motifs is 1. The maximum Gasteiger partial charge on any atom is 0.0695 e. The number of nitrogens with zero attached hydrogens (tertiary/aromatic N) is 1. The van der Waals surface area contributed by atoms with Gasteiger partial charge < -0.3 is 5.11 Å². The zero-order valence-electron chi connectivity index (χ0n) is 12.4. The molecule has 0 aromatic rings. The lowest BCUT2D eigenvalue weighted by Crippen LogP contribution is -2.55. The zero-order chi connectivity index (χ0) is 13.1. The fourth-order valence-electron chi connectivity index (χ4n) is 4.91. The van der Waals surface area contributed by atoms with E-state index in [0.717, 1.165) is 18.4 Å². The molecule has 0 amide bonds. The Balaban J connectivity index is 1.70. The summed E-state index contributed by atoms with van der Waals surface area (Å²) in [6.07, 6.45) is 16.0. The number of rotatable bonds is 1. The first-order chi connectivity index (χ1) is 9.36. The lowest BCUT2D eigenvalue weighted by atomic mass is 9.76. The van der Waals surface area contributed by atoms with E-state index in [-0.39, 0.29) is 6.10 Å². The standard InChI is InChI=1S/C17H31NO/c19-17-12-4-2-1-3-11-16(17)18-13-7-9-14-8-5-6-10-15(14)18/h14-17,19H,1-13H2. The summed E-state index contributed by atoms with van der Waals surface area (Å²) < 4.78 is 0. The first kappa shape index (κ1) is 13.9. The normalized spacial score (nSPS) is 42.2. The number of likely N-dealkylation sites (tertiary alicyclic amines) is 1. The number of aliphatic hydroxyl groups excluding tert-OH is 1. The minimum atomic E-state index is -0.0547. The lowest BCUT2D eigenvalue weighted by Gasteiger charge is -2.49. The Labute approximate surface area is 118 Å². The third kappa shape index (κ3) is 3.16. The fourth-order valence-corrected chi connectivity index (χ4v) is 4.91. The molecule has 3 aliphatic rings. The Hall–Kier alpha value is -0.0800. The van der Waals surface area contributed by atoms with Gasteiger partial charge in [-0.3, -0.25) is 4.90 Å². The SMILES string of the molecule is OC1CCCCCCC1N1CCCC2CCCCC21. The molecule has 0 spiro atoms. The van der Waals surface area contributed by atoms with Gasteiger partial charge >= 0.3 is 0 Å². The van der Waals surface area contributed by atoms with Crippen LogP contribution in [0.15, 0.2) is 0 Å². The summed E-state index contributed by atoms with van der Waals surface area (Å²) >= 11 is 0. The molecule has 1 N–H and O–H groups in total. The minimum Gasteiger partial charge on any atom is -0.391 e. The third-order valence-corrected chi connectivity index (χ3v) is 5.91. The summed E-state index contributed by atoms with van der Waals surface area (Å²) in [6, 6.07) is 1.28. The molecule has 4 atom stereocenters. The average molecular weight is 265 g/mol. The van der Waals surface area contributed by atoms with Crippen molar-refractivity contribution in [2.75, 3.05) is 6.54 Å². The zero-order valence-corrected chi connectivity index (χ0v) is 12.4. The molecule has 1 aliphatic heterocycles. The summed E-state index contributed by atoms with van der Waals surface area (Å²) in [4.78, 5) is 2.75. The monoisotopic (exact) mass is 265 g/mol. The Bertz CT molecular complexity index is 278. The highest BCUT2D eigenvalue weighted by Gasteiger charge is 2.38. The molecule has 0 bridgehead atoms. The minimum absolute atomic E-state index is 0.0547. The van der Waals surface area contributed by atoms with E-state index >= 15 is 0 Å². The van der Waals surface area contributed by atoms with Crippen LogP contribution in [0, 0.1) is 5.92 Å². The van der Waals surface area contributed by atoms with E-state index in [1.807, 2.05) is 0 Å². The van der Waals surface area contributed by atoms with Gasteiger partial charge in [0, 0.05) is 12.1 Å². The Morgan fingerprint density at radius 3 is 2.16 bits per heavy atom. The molecular formula is C17H31NO. The van der Waals surface area contributed by atoms with Gasteiger partial charge in [0.1, 0.15) is 0 Å². The van der Waals surface area contributed by atoms with Gasteiger partial charge in [-0.05, 0) is 51.0 Å². The number of piperidine rings is 1. The highest BCUT2D eigenvalue weighted by molar-refractivity contribution is 4.93. The molecule has 0 aromatic carbocycles. The van der Waals surface area contributed by atoms with Gasteiger partial charge in [-0.2, -0.15) is 0 Å². The molecule has 0 aromatic heterocycles. The van der Waals surface area contributed by atoms with E-state index in [1.165, 1.54) is 77.2 Å². The van der Waals surface area contributed by atoms with Crippen LogP contribution in [-0.4, -0.2) is 34.7 Å². The maximum atomic E-state index is 10.6. The summed E-state index contributed by atoms with van der Waals surface area (Å²) in [5.41, 5.74) is 0. The van der Waals surface area contributed by atoms with Crippen LogP contribution >= 0.6 is 0 Å². The van der Waals surface area contributed by atoms with E-state index in [9.17, 15) is 5.11 Å². The molecular weight excluding hydrogens is 234 g/mol. The molecule has 0 radical (unpaired) electrons. The first-order valence-corrected chi connectivity index (χ1v) is 8.80. The van der Waals surface area contributed by atoms with E-state index < -0.39 is 0 Å². The summed E-state index contributed by atoms with van der Waals surface area (Å²) in [5, 5.41) is 10.6. The summed E-state index contributed by atoms with van der Waals surface area (Å²) in [5.74, 6) is 0.945. The van der Waals surface area contributed by atoms with Crippen molar-refractivity contribution in [3.05, 3.63) is 0 Å². The van der Waals surface area contributed by atoms with Crippen LogP contribution in [0.5, 0.6) is 0 Å². The van der Waals surface area contributed by atoms with Crippen molar-refractivity contribution in [1.29, 1.82) is 0 Å². The quantitative estimate of drug-likeness (QED) is 0.781. The van der Waals surface area contributed by atoms with Gasteiger partial charge in [0.2, 0.25) is 0 Å². The average Bonchev–Trinajstić information content (AvgIpc) is 2.43. The Morgan fingerprint density at radius 1 is 0.632 bits per heavy atom. The van der Waals surface area contributed by atoms with Crippen molar-refractivity contribution >= 4 is 0 Å². The van der Waals surface area contributed by atoms with Crippen LogP contribution in [0.3, 0.4) is 0 Å². The largest absolute Gasteiger partial charge is 0.391 e. The van der Waals surface area contributed by atoms with Gasteiger partial charge in [-0.1, -0.05) is 38.5 Å². The van der Waals surface area contributed by atoms with E-state index in [2.05, 4.69) is 4.90 Å². The van der Waals surface area contributed by atoms with Crippen molar-refractivity contribution < 1.29 is 5.11 Å².